The monoisotopic (exact) mass is 224 g/mol. The molecule has 0 radical (unpaired) electrons. The third-order valence-corrected chi connectivity index (χ3v) is 2.30. The van der Waals surface area contributed by atoms with Gasteiger partial charge < -0.3 is 20.9 Å². The summed E-state index contributed by atoms with van der Waals surface area (Å²) in [7, 11) is 0. The lowest BCUT2D eigenvalue weighted by atomic mass is 10.2. The van der Waals surface area contributed by atoms with E-state index in [4.69, 9.17) is 15.6 Å². The van der Waals surface area contributed by atoms with Crippen molar-refractivity contribution in [3.63, 3.8) is 0 Å². The molecule has 16 heavy (non-hydrogen) atoms. The van der Waals surface area contributed by atoms with Crippen molar-refractivity contribution in [2.45, 2.75) is 13.3 Å². The molecule has 0 saturated carbocycles. The van der Waals surface area contributed by atoms with Crippen molar-refractivity contribution in [2.75, 3.05) is 37.4 Å². The number of ether oxygens (including phenoxy) is 1. The second-order valence-electron chi connectivity index (χ2n) is 3.69. The van der Waals surface area contributed by atoms with E-state index in [0.717, 1.165) is 29.9 Å². The van der Waals surface area contributed by atoms with Crippen LogP contribution in [0.2, 0.25) is 0 Å². The molecule has 0 heterocycles. The Kier molecular flexibility index (Phi) is 5.67. The topological polar surface area (TPSA) is 67.5 Å². The fourth-order valence-corrected chi connectivity index (χ4v) is 1.36. The standard InChI is InChI=1S/C12H20N2O2/c1-10-9-11(3-4-12(10)13)14-5-2-7-16-8-6-15/h3-4,9,14-15H,2,5-8,13H2,1H3. The molecule has 90 valence electrons. The number of aliphatic hydroxyl groups is 1. The third kappa shape index (κ3) is 4.51. The van der Waals surface area contributed by atoms with Crippen molar-refractivity contribution < 1.29 is 9.84 Å². The van der Waals surface area contributed by atoms with Crippen molar-refractivity contribution in [2.24, 2.45) is 0 Å². The highest BCUT2D eigenvalue weighted by molar-refractivity contribution is 5.56. The van der Waals surface area contributed by atoms with E-state index in [1.807, 2.05) is 25.1 Å². The lowest BCUT2D eigenvalue weighted by molar-refractivity contribution is 0.0922. The molecule has 4 nitrogen and oxygen atoms in total. The van der Waals surface area contributed by atoms with Crippen molar-refractivity contribution >= 4 is 11.4 Å². The van der Waals surface area contributed by atoms with Crippen LogP contribution in [-0.2, 0) is 4.74 Å². The Morgan fingerprint density at radius 1 is 1.38 bits per heavy atom. The molecule has 0 saturated heterocycles. The molecule has 4 heteroatoms. The van der Waals surface area contributed by atoms with Gasteiger partial charge in [0.2, 0.25) is 0 Å². The SMILES string of the molecule is Cc1cc(NCCCOCCO)ccc1N. The first kappa shape index (κ1) is 12.8. The van der Waals surface area contributed by atoms with Gasteiger partial charge in [0.25, 0.3) is 0 Å². The van der Waals surface area contributed by atoms with Crippen LogP contribution in [0.3, 0.4) is 0 Å². The van der Waals surface area contributed by atoms with Gasteiger partial charge in [0.05, 0.1) is 13.2 Å². The molecular formula is C12H20N2O2. The van der Waals surface area contributed by atoms with E-state index in [-0.39, 0.29) is 6.61 Å². The zero-order valence-electron chi connectivity index (χ0n) is 9.70. The summed E-state index contributed by atoms with van der Waals surface area (Å²) < 4.78 is 5.15. The molecule has 0 unspecified atom stereocenters. The first-order valence-electron chi connectivity index (χ1n) is 5.52. The number of rotatable bonds is 7. The maximum absolute atomic E-state index is 8.50. The normalized spacial score (nSPS) is 10.4. The minimum absolute atomic E-state index is 0.0879. The minimum atomic E-state index is 0.0879. The number of anilines is 2. The van der Waals surface area contributed by atoms with E-state index >= 15 is 0 Å². The van der Waals surface area contributed by atoms with Gasteiger partial charge in [0, 0.05) is 24.5 Å². The summed E-state index contributed by atoms with van der Waals surface area (Å²) in [6.07, 6.45) is 0.920. The number of nitrogen functional groups attached to an aromatic ring is 1. The Hall–Kier alpha value is -1.26. The van der Waals surface area contributed by atoms with Gasteiger partial charge in [-0.3, -0.25) is 0 Å². The van der Waals surface area contributed by atoms with E-state index in [2.05, 4.69) is 5.32 Å². The molecular weight excluding hydrogens is 204 g/mol. The van der Waals surface area contributed by atoms with Crippen LogP contribution in [0.15, 0.2) is 18.2 Å². The quantitative estimate of drug-likeness (QED) is 0.483. The Bertz CT molecular complexity index is 316. The van der Waals surface area contributed by atoms with Crippen LogP contribution in [0.1, 0.15) is 12.0 Å². The molecule has 0 spiro atoms. The zero-order chi connectivity index (χ0) is 11.8. The molecule has 0 aliphatic carbocycles. The van der Waals surface area contributed by atoms with Gasteiger partial charge in [-0.05, 0) is 37.1 Å². The Morgan fingerprint density at radius 3 is 2.88 bits per heavy atom. The summed E-state index contributed by atoms with van der Waals surface area (Å²) in [5.41, 5.74) is 8.71. The van der Waals surface area contributed by atoms with Gasteiger partial charge in [-0.1, -0.05) is 0 Å². The third-order valence-electron chi connectivity index (χ3n) is 2.30. The van der Waals surface area contributed by atoms with Crippen LogP contribution in [-0.4, -0.2) is 31.5 Å². The maximum Gasteiger partial charge on any atom is 0.0697 e. The van der Waals surface area contributed by atoms with Crippen molar-refractivity contribution in [3.05, 3.63) is 23.8 Å². The van der Waals surface area contributed by atoms with E-state index in [9.17, 15) is 0 Å². The van der Waals surface area contributed by atoms with Gasteiger partial charge in [0.15, 0.2) is 0 Å². The molecule has 0 aliphatic rings. The predicted octanol–water partition coefficient (Wildman–Crippen LogP) is 1.39. The molecule has 0 atom stereocenters. The van der Waals surface area contributed by atoms with Crippen LogP contribution in [0.4, 0.5) is 11.4 Å². The second kappa shape index (κ2) is 7.09. The van der Waals surface area contributed by atoms with Crippen LogP contribution in [0.5, 0.6) is 0 Å². The maximum atomic E-state index is 8.50. The van der Waals surface area contributed by atoms with E-state index in [1.54, 1.807) is 0 Å². The number of nitrogens with two attached hydrogens (primary N) is 1. The van der Waals surface area contributed by atoms with Crippen LogP contribution >= 0.6 is 0 Å². The largest absolute Gasteiger partial charge is 0.399 e. The average molecular weight is 224 g/mol. The van der Waals surface area contributed by atoms with Crippen molar-refractivity contribution in [3.8, 4) is 0 Å². The summed E-state index contributed by atoms with van der Waals surface area (Å²) in [6, 6.07) is 5.90. The van der Waals surface area contributed by atoms with E-state index in [1.165, 1.54) is 0 Å². The molecule has 0 bridgehead atoms. The molecule has 1 aromatic rings. The fourth-order valence-electron chi connectivity index (χ4n) is 1.36. The molecule has 1 aromatic carbocycles. The van der Waals surface area contributed by atoms with Crippen molar-refractivity contribution in [1.29, 1.82) is 0 Å². The lowest BCUT2D eigenvalue weighted by Gasteiger charge is -2.08. The smallest absolute Gasteiger partial charge is 0.0697 e. The van der Waals surface area contributed by atoms with Crippen molar-refractivity contribution in [1.82, 2.24) is 0 Å². The second-order valence-corrected chi connectivity index (χ2v) is 3.69. The summed E-state index contributed by atoms with van der Waals surface area (Å²) in [5, 5.41) is 11.8. The van der Waals surface area contributed by atoms with Crippen LogP contribution < -0.4 is 11.1 Å². The summed E-state index contributed by atoms with van der Waals surface area (Å²) in [6.45, 7) is 4.02. The number of aliphatic hydroxyl groups excluding tert-OH is 1. The first-order chi connectivity index (χ1) is 7.74. The van der Waals surface area contributed by atoms with Gasteiger partial charge >= 0.3 is 0 Å². The van der Waals surface area contributed by atoms with Gasteiger partial charge in [0.1, 0.15) is 0 Å². The predicted molar refractivity (Wildman–Crippen MR) is 66.6 cm³/mol. The molecule has 0 aliphatic heterocycles. The summed E-state index contributed by atoms with van der Waals surface area (Å²) >= 11 is 0. The molecule has 4 N–H and O–H groups in total. The number of nitrogens with one attached hydrogen (secondary N) is 1. The number of aryl methyl sites for hydroxylation is 1. The molecule has 1 rings (SSSR count). The number of benzene rings is 1. The zero-order valence-corrected chi connectivity index (χ0v) is 9.70. The Balaban J connectivity index is 2.19. The molecule has 0 amide bonds. The van der Waals surface area contributed by atoms with E-state index < -0.39 is 0 Å². The highest BCUT2D eigenvalue weighted by atomic mass is 16.5. The first-order valence-corrected chi connectivity index (χ1v) is 5.52. The molecule has 0 fully saturated rings. The number of hydrogen-bond acceptors (Lipinski definition) is 4. The summed E-state index contributed by atoms with van der Waals surface area (Å²) in [4.78, 5) is 0. The fraction of sp³-hybridized carbons (Fsp3) is 0.500. The summed E-state index contributed by atoms with van der Waals surface area (Å²) in [5.74, 6) is 0. The number of hydrogen-bond donors (Lipinski definition) is 3. The lowest BCUT2D eigenvalue weighted by Crippen LogP contribution is -2.07. The highest BCUT2D eigenvalue weighted by Gasteiger charge is 1.96. The van der Waals surface area contributed by atoms with Gasteiger partial charge in [-0.2, -0.15) is 0 Å². The average Bonchev–Trinajstić information content (AvgIpc) is 2.28. The van der Waals surface area contributed by atoms with Gasteiger partial charge in [-0.15, -0.1) is 0 Å². The van der Waals surface area contributed by atoms with Crippen LogP contribution in [0, 0.1) is 6.92 Å². The van der Waals surface area contributed by atoms with E-state index in [0.29, 0.717) is 13.2 Å². The van der Waals surface area contributed by atoms with Gasteiger partial charge in [-0.25, -0.2) is 0 Å². The minimum Gasteiger partial charge on any atom is -0.399 e. The highest BCUT2D eigenvalue weighted by Crippen LogP contribution is 2.16. The Morgan fingerprint density at radius 2 is 2.19 bits per heavy atom. The molecule has 0 aromatic heterocycles. The Labute approximate surface area is 96.4 Å². The van der Waals surface area contributed by atoms with Crippen LogP contribution in [0.25, 0.3) is 0 Å².